The summed E-state index contributed by atoms with van der Waals surface area (Å²) in [5.41, 5.74) is 0.204. The number of amides is 2. The molecule has 0 radical (unpaired) electrons. The van der Waals surface area contributed by atoms with E-state index in [9.17, 15) is 14.4 Å². The Hall–Kier alpha value is -2.42. The molecule has 1 N–H and O–H groups in total. The van der Waals surface area contributed by atoms with E-state index in [0.717, 1.165) is 13.0 Å². The standard InChI is InChI=1S/C17H27N5O4/c1-5-26-17(25)13-10-18-21(4)15(13)19-16(24)12-9-14(23)22(11-12)8-6-7-20(2)3/h10,12H,5-9,11H2,1-4H3,(H,19,24). The van der Waals surface area contributed by atoms with Crippen LogP contribution in [0.1, 0.15) is 30.1 Å². The number of likely N-dealkylation sites (tertiary alicyclic amines) is 1. The van der Waals surface area contributed by atoms with Crippen molar-refractivity contribution in [1.82, 2.24) is 19.6 Å². The van der Waals surface area contributed by atoms with Gasteiger partial charge in [0, 0.05) is 26.6 Å². The van der Waals surface area contributed by atoms with E-state index in [0.29, 0.717) is 13.1 Å². The van der Waals surface area contributed by atoms with Crippen LogP contribution in [0, 0.1) is 5.92 Å². The smallest absolute Gasteiger partial charge is 0.343 e. The predicted octanol–water partition coefficient (Wildman–Crippen LogP) is 0.336. The Balaban J connectivity index is 1.97. The van der Waals surface area contributed by atoms with Crippen LogP contribution in [-0.2, 0) is 21.4 Å². The summed E-state index contributed by atoms with van der Waals surface area (Å²) in [4.78, 5) is 40.5. The second kappa shape index (κ2) is 8.79. The van der Waals surface area contributed by atoms with Gasteiger partial charge in [-0.15, -0.1) is 0 Å². The third kappa shape index (κ3) is 4.81. The lowest BCUT2D eigenvalue weighted by Gasteiger charge is -2.18. The Morgan fingerprint density at radius 1 is 1.42 bits per heavy atom. The van der Waals surface area contributed by atoms with Crippen LogP contribution in [0.5, 0.6) is 0 Å². The monoisotopic (exact) mass is 365 g/mol. The van der Waals surface area contributed by atoms with Gasteiger partial charge in [-0.2, -0.15) is 5.10 Å². The van der Waals surface area contributed by atoms with Crippen LogP contribution in [-0.4, -0.2) is 77.7 Å². The Morgan fingerprint density at radius 3 is 2.81 bits per heavy atom. The first-order valence-electron chi connectivity index (χ1n) is 8.76. The molecule has 2 heterocycles. The highest BCUT2D eigenvalue weighted by Crippen LogP contribution is 2.22. The van der Waals surface area contributed by atoms with Crippen molar-refractivity contribution in [1.29, 1.82) is 0 Å². The van der Waals surface area contributed by atoms with Crippen molar-refractivity contribution in [2.45, 2.75) is 19.8 Å². The number of anilines is 1. The number of aromatic nitrogens is 2. The van der Waals surface area contributed by atoms with Crippen LogP contribution in [0.3, 0.4) is 0 Å². The van der Waals surface area contributed by atoms with Crippen LogP contribution in [0.15, 0.2) is 6.20 Å². The average Bonchev–Trinajstić information content (AvgIpc) is 3.11. The number of rotatable bonds is 8. The topological polar surface area (TPSA) is 96.8 Å². The van der Waals surface area contributed by atoms with Gasteiger partial charge in [0.2, 0.25) is 11.8 Å². The van der Waals surface area contributed by atoms with Crippen molar-refractivity contribution in [3.63, 3.8) is 0 Å². The van der Waals surface area contributed by atoms with Crippen molar-refractivity contribution in [3.8, 4) is 0 Å². The van der Waals surface area contributed by atoms with Gasteiger partial charge in [0.1, 0.15) is 11.4 Å². The molecule has 1 unspecified atom stereocenters. The summed E-state index contributed by atoms with van der Waals surface area (Å²) in [5, 5.41) is 6.73. The lowest BCUT2D eigenvalue weighted by molar-refractivity contribution is -0.128. The highest BCUT2D eigenvalue weighted by molar-refractivity contribution is 6.02. The Bertz CT molecular complexity index is 670. The summed E-state index contributed by atoms with van der Waals surface area (Å²) >= 11 is 0. The second-order valence-electron chi connectivity index (χ2n) is 6.64. The van der Waals surface area contributed by atoms with Gasteiger partial charge in [0.15, 0.2) is 0 Å². The number of carbonyl (C=O) groups is 3. The van der Waals surface area contributed by atoms with Crippen molar-refractivity contribution in [3.05, 3.63) is 11.8 Å². The molecule has 2 rings (SSSR count). The van der Waals surface area contributed by atoms with Crippen LogP contribution >= 0.6 is 0 Å². The van der Waals surface area contributed by atoms with Gasteiger partial charge in [-0.1, -0.05) is 0 Å². The van der Waals surface area contributed by atoms with Crippen LogP contribution in [0.2, 0.25) is 0 Å². The number of nitrogens with one attached hydrogen (secondary N) is 1. The van der Waals surface area contributed by atoms with E-state index >= 15 is 0 Å². The van der Waals surface area contributed by atoms with Crippen LogP contribution in [0.25, 0.3) is 0 Å². The molecule has 0 aliphatic carbocycles. The molecule has 0 aromatic carbocycles. The first-order valence-corrected chi connectivity index (χ1v) is 8.76. The molecule has 1 fully saturated rings. The number of hydrogen-bond acceptors (Lipinski definition) is 6. The molecule has 9 nitrogen and oxygen atoms in total. The van der Waals surface area contributed by atoms with Gasteiger partial charge in [0.05, 0.1) is 18.7 Å². The van der Waals surface area contributed by atoms with Crippen molar-refractivity contribution in [2.75, 3.05) is 45.7 Å². The van der Waals surface area contributed by atoms with Crippen LogP contribution < -0.4 is 5.32 Å². The van der Waals surface area contributed by atoms with Gasteiger partial charge < -0.3 is 19.9 Å². The quantitative estimate of drug-likeness (QED) is 0.667. The summed E-state index contributed by atoms with van der Waals surface area (Å²) in [6, 6.07) is 0. The fourth-order valence-corrected chi connectivity index (χ4v) is 2.90. The molecule has 0 bridgehead atoms. The number of nitrogens with zero attached hydrogens (tertiary/aromatic N) is 4. The molecule has 1 atom stereocenters. The first kappa shape index (κ1) is 19.9. The van der Waals surface area contributed by atoms with Crippen LogP contribution in [0.4, 0.5) is 5.82 Å². The van der Waals surface area contributed by atoms with E-state index in [2.05, 4.69) is 15.3 Å². The molecule has 0 saturated carbocycles. The number of hydrogen-bond donors (Lipinski definition) is 1. The fourth-order valence-electron chi connectivity index (χ4n) is 2.90. The number of esters is 1. The maximum atomic E-state index is 12.6. The minimum Gasteiger partial charge on any atom is -0.462 e. The first-order chi connectivity index (χ1) is 12.3. The molecule has 2 amide bonds. The van der Waals surface area contributed by atoms with E-state index in [1.54, 1.807) is 18.9 Å². The molecular weight excluding hydrogens is 338 g/mol. The SMILES string of the molecule is CCOC(=O)c1cnn(C)c1NC(=O)C1CC(=O)N(CCCN(C)C)C1. The number of carbonyl (C=O) groups excluding carboxylic acids is 3. The fraction of sp³-hybridized carbons (Fsp3) is 0.647. The number of ether oxygens (including phenoxy) is 1. The zero-order valence-corrected chi connectivity index (χ0v) is 15.8. The molecule has 1 aromatic heterocycles. The average molecular weight is 365 g/mol. The van der Waals surface area contributed by atoms with Crippen molar-refractivity contribution in [2.24, 2.45) is 13.0 Å². The molecular formula is C17H27N5O4. The summed E-state index contributed by atoms with van der Waals surface area (Å²) in [6.45, 7) is 3.87. The zero-order chi connectivity index (χ0) is 19.3. The Kier molecular flexibility index (Phi) is 6.73. The van der Waals surface area contributed by atoms with Gasteiger partial charge in [0.25, 0.3) is 0 Å². The second-order valence-corrected chi connectivity index (χ2v) is 6.64. The third-order valence-corrected chi connectivity index (χ3v) is 4.29. The van der Waals surface area contributed by atoms with Gasteiger partial charge in [-0.25, -0.2) is 4.79 Å². The zero-order valence-electron chi connectivity index (χ0n) is 15.8. The largest absolute Gasteiger partial charge is 0.462 e. The molecule has 1 aliphatic rings. The summed E-state index contributed by atoms with van der Waals surface area (Å²) in [6.07, 6.45) is 2.41. The molecule has 0 spiro atoms. The minimum atomic E-state index is -0.538. The lowest BCUT2D eigenvalue weighted by atomic mass is 10.1. The van der Waals surface area contributed by atoms with E-state index in [4.69, 9.17) is 4.74 Å². The van der Waals surface area contributed by atoms with Gasteiger partial charge in [-0.3, -0.25) is 14.3 Å². The van der Waals surface area contributed by atoms with E-state index < -0.39 is 11.9 Å². The van der Waals surface area contributed by atoms with E-state index in [1.165, 1.54) is 10.9 Å². The molecule has 1 saturated heterocycles. The van der Waals surface area contributed by atoms with Gasteiger partial charge in [-0.05, 0) is 34.0 Å². The van der Waals surface area contributed by atoms with Crippen molar-refractivity contribution >= 4 is 23.6 Å². The molecule has 26 heavy (non-hydrogen) atoms. The maximum Gasteiger partial charge on any atom is 0.343 e. The molecule has 1 aliphatic heterocycles. The highest BCUT2D eigenvalue weighted by Gasteiger charge is 2.34. The maximum absolute atomic E-state index is 12.6. The summed E-state index contributed by atoms with van der Waals surface area (Å²) < 4.78 is 6.39. The Morgan fingerprint density at radius 2 is 2.15 bits per heavy atom. The van der Waals surface area contributed by atoms with Crippen molar-refractivity contribution < 1.29 is 19.1 Å². The lowest BCUT2D eigenvalue weighted by Crippen LogP contribution is -2.31. The van der Waals surface area contributed by atoms with E-state index in [-0.39, 0.29) is 36.2 Å². The normalized spacial score (nSPS) is 17.0. The summed E-state index contributed by atoms with van der Waals surface area (Å²) in [7, 11) is 5.60. The summed E-state index contributed by atoms with van der Waals surface area (Å²) in [5.74, 6) is -0.996. The molecule has 9 heteroatoms. The Labute approximate surface area is 153 Å². The van der Waals surface area contributed by atoms with E-state index in [1.807, 2.05) is 14.1 Å². The number of aryl methyl sites for hydroxylation is 1. The minimum absolute atomic E-state index is 0.0143. The molecule has 144 valence electrons. The predicted molar refractivity (Wildman–Crippen MR) is 95.7 cm³/mol. The van der Waals surface area contributed by atoms with Gasteiger partial charge >= 0.3 is 5.97 Å². The molecule has 1 aromatic rings. The highest BCUT2D eigenvalue weighted by atomic mass is 16.5. The third-order valence-electron chi connectivity index (χ3n) is 4.29.